The van der Waals surface area contributed by atoms with Gasteiger partial charge in [-0.05, 0) is 58.2 Å². The average molecular weight is 335 g/mol. The van der Waals surface area contributed by atoms with Crippen molar-refractivity contribution in [3.05, 3.63) is 56.8 Å². The number of halogens is 1. The molecule has 0 amide bonds. The summed E-state index contributed by atoms with van der Waals surface area (Å²) in [7, 11) is 1.98. The highest BCUT2D eigenvalue weighted by atomic mass is 79.9. The number of nitrogens with one attached hydrogen (secondary N) is 1. The zero-order valence-electron chi connectivity index (χ0n) is 10.7. The van der Waals surface area contributed by atoms with Crippen LogP contribution in [0.2, 0.25) is 0 Å². The van der Waals surface area contributed by atoms with Gasteiger partial charge in [-0.15, -0.1) is 11.3 Å². The van der Waals surface area contributed by atoms with Crippen molar-refractivity contribution in [2.24, 2.45) is 0 Å². The van der Waals surface area contributed by atoms with Crippen molar-refractivity contribution in [1.29, 1.82) is 0 Å². The van der Waals surface area contributed by atoms with E-state index >= 15 is 0 Å². The van der Waals surface area contributed by atoms with E-state index in [1.54, 1.807) is 11.3 Å². The maximum absolute atomic E-state index is 3.51. The molecular formula is C15H15BrN2S. The fourth-order valence-corrected chi connectivity index (χ4v) is 3.76. The topological polar surface area (TPSA) is 17.0 Å². The molecule has 0 radical (unpaired) electrons. The largest absolute Gasteiger partial charge is 0.342 e. The molecule has 0 aliphatic rings. The minimum Gasteiger partial charge on any atom is -0.342 e. The van der Waals surface area contributed by atoms with Gasteiger partial charge in [0.05, 0.1) is 6.54 Å². The Morgan fingerprint density at radius 1 is 1.26 bits per heavy atom. The lowest BCUT2D eigenvalue weighted by Crippen LogP contribution is -2.04. The number of nitrogens with zero attached hydrogens (tertiary/aromatic N) is 1. The lowest BCUT2D eigenvalue weighted by atomic mass is 10.1. The van der Waals surface area contributed by atoms with Gasteiger partial charge < -0.3 is 9.88 Å². The van der Waals surface area contributed by atoms with E-state index in [0.717, 1.165) is 13.1 Å². The molecule has 0 unspecified atom stereocenters. The highest BCUT2D eigenvalue weighted by Crippen LogP contribution is 2.23. The van der Waals surface area contributed by atoms with Crippen molar-refractivity contribution >= 4 is 38.2 Å². The summed E-state index contributed by atoms with van der Waals surface area (Å²) in [6, 6.07) is 11.0. The van der Waals surface area contributed by atoms with Crippen molar-refractivity contribution in [1.82, 2.24) is 9.88 Å². The van der Waals surface area contributed by atoms with Gasteiger partial charge in [-0.1, -0.05) is 6.07 Å². The molecule has 98 valence electrons. The van der Waals surface area contributed by atoms with Crippen LogP contribution < -0.4 is 5.32 Å². The van der Waals surface area contributed by atoms with Gasteiger partial charge in [-0.25, -0.2) is 0 Å². The third-order valence-electron chi connectivity index (χ3n) is 3.16. The monoisotopic (exact) mass is 334 g/mol. The molecule has 0 aliphatic heterocycles. The quantitative estimate of drug-likeness (QED) is 0.755. The third-order valence-corrected chi connectivity index (χ3v) is 4.85. The minimum atomic E-state index is 0.916. The Morgan fingerprint density at radius 3 is 2.89 bits per heavy atom. The molecule has 3 rings (SSSR count). The molecular weight excluding hydrogens is 320 g/mol. The van der Waals surface area contributed by atoms with E-state index in [2.05, 4.69) is 67.7 Å². The predicted molar refractivity (Wildman–Crippen MR) is 85.8 cm³/mol. The number of fused-ring (bicyclic) bond motifs is 1. The fraction of sp³-hybridized carbons (Fsp3) is 0.200. The van der Waals surface area contributed by atoms with Gasteiger partial charge in [-0.3, -0.25) is 0 Å². The number of hydrogen-bond donors (Lipinski definition) is 1. The van der Waals surface area contributed by atoms with E-state index in [4.69, 9.17) is 0 Å². The second-order valence-corrected chi connectivity index (χ2v) is 6.51. The molecule has 0 spiro atoms. The van der Waals surface area contributed by atoms with Crippen LogP contribution in [0.5, 0.6) is 0 Å². The van der Waals surface area contributed by atoms with Gasteiger partial charge >= 0.3 is 0 Å². The third kappa shape index (κ3) is 2.76. The predicted octanol–water partition coefficient (Wildman–Crippen LogP) is 4.23. The summed E-state index contributed by atoms with van der Waals surface area (Å²) in [6.45, 7) is 1.85. The normalized spacial score (nSPS) is 11.3. The average Bonchev–Trinajstić information content (AvgIpc) is 2.97. The lowest BCUT2D eigenvalue weighted by Gasteiger charge is -2.05. The van der Waals surface area contributed by atoms with Gasteiger partial charge in [0.1, 0.15) is 0 Å². The van der Waals surface area contributed by atoms with Crippen LogP contribution in [-0.4, -0.2) is 11.6 Å². The summed E-state index contributed by atoms with van der Waals surface area (Å²) in [6.07, 6.45) is 2.17. The van der Waals surface area contributed by atoms with E-state index in [9.17, 15) is 0 Å². The molecule has 19 heavy (non-hydrogen) atoms. The summed E-state index contributed by atoms with van der Waals surface area (Å²) in [5.41, 5.74) is 2.62. The van der Waals surface area contributed by atoms with Gasteiger partial charge in [0.15, 0.2) is 0 Å². The first-order chi connectivity index (χ1) is 9.26. The van der Waals surface area contributed by atoms with Crippen LogP contribution in [0.4, 0.5) is 0 Å². The molecule has 0 atom stereocenters. The van der Waals surface area contributed by atoms with Gasteiger partial charge in [-0.2, -0.15) is 0 Å². The Labute approximate surface area is 125 Å². The molecule has 3 aromatic rings. The molecule has 2 heterocycles. The summed E-state index contributed by atoms with van der Waals surface area (Å²) in [5.74, 6) is 0. The van der Waals surface area contributed by atoms with Gasteiger partial charge in [0.2, 0.25) is 0 Å². The van der Waals surface area contributed by atoms with E-state index in [-0.39, 0.29) is 0 Å². The van der Waals surface area contributed by atoms with E-state index in [1.807, 2.05) is 7.05 Å². The number of rotatable bonds is 4. The smallest absolute Gasteiger partial charge is 0.0569 e. The van der Waals surface area contributed by atoms with Crippen LogP contribution in [0.25, 0.3) is 10.9 Å². The van der Waals surface area contributed by atoms with Crippen molar-refractivity contribution in [2.45, 2.75) is 13.1 Å². The zero-order chi connectivity index (χ0) is 13.2. The van der Waals surface area contributed by atoms with Crippen molar-refractivity contribution in [3.63, 3.8) is 0 Å². The zero-order valence-corrected chi connectivity index (χ0v) is 13.1. The SMILES string of the molecule is CNCc1ccc2c(ccn2Cc2cc(Br)cs2)c1. The first kappa shape index (κ1) is 12.9. The lowest BCUT2D eigenvalue weighted by molar-refractivity contribution is 0.818. The molecule has 0 saturated heterocycles. The Hall–Kier alpha value is -1.10. The molecule has 1 aromatic carbocycles. The fourth-order valence-electron chi connectivity index (χ4n) is 2.31. The summed E-state index contributed by atoms with van der Waals surface area (Å²) in [5, 5.41) is 6.63. The standard InChI is InChI=1S/C15H15BrN2S/c1-17-8-11-2-3-15-12(6-11)4-5-18(15)9-14-7-13(16)10-19-14/h2-7,10,17H,8-9H2,1H3. The number of aromatic nitrogens is 1. The highest BCUT2D eigenvalue weighted by Gasteiger charge is 2.04. The summed E-state index contributed by atoms with van der Waals surface area (Å²) < 4.78 is 3.47. The second kappa shape index (κ2) is 5.49. The summed E-state index contributed by atoms with van der Waals surface area (Å²) >= 11 is 5.30. The van der Waals surface area contributed by atoms with Crippen molar-refractivity contribution in [3.8, 4) is 0 Å². The molecule has 2 nitrogen and oxygen atoms in total. The Balaban J connectivity index is 1.92. The first-order valence-electron chi connectivity index (χ1n) is 6.21. The molecule has 2 aromatic heterocycles. The number of hydrogen-bond acceptors (Lipinski definition) is 2. The van der Waals surface area contributed by atoms with E-state index in [1.165, 1.54) is 25.8 Å². The van der Waals surface area contributed by atoms with Crippen LogP contribution >= 0.6 is 27.3 Å². The molecule has 1 N–H and O–H groups in total. The first-order valence-corrected chi connectivity index (χ1v) is 7.89. The Bertz CT molecular complexity index is 699. The van der Waals surface area contributed by atoms with Crippen molar-refractivity contribution < 1.29 is 0 Å². The van der Waals surface area contributed by atoms with Crippen LogP contribution in [0, 0.1) is 0 Å². The number of benzene rings is 1. The van der Waals surface area contributed by atoms with Gasteiger partial charge in [0, 0.05) is 33.0 Å². The van der Waals surface area contributed by atoms with E-state index < -0.39 is 0 Å². The summed E-state index contributed by atoms with van der Waals surface area (Å²) in [4.78, 5) is 1.36. The molecule has 4 heteroatoms. The van der Waals surface area contributed by atoms with Crippen LogP contribution in [-0.2, 0) is 13.1 Å². The van der Waals surface area contributed by atoms with Crippen LogP contribution in [0.1, 0.15) is 10.4 Å². The Kier molecular flexibility index (Phi) is 3.73. The van der Waals surface area contributed by atoms with Crippen LogP contribution in [0.3, 0.4) is 0 Å². The van der Waals surface area contributed by atoms with Gasteiger partial charge in [0.25, 0.3) is 0 Å². The van der Waals surface area contributed by atoms with Crippen molar-refractivity contribution in [2.75, 3.05) is 7.05 Å². The molecule has 0 fully saturated rings. The molecule has 0 aliphatic carbocycles. The Morgan fingerprint density at radius 2 is 2.16 bits per heavy atom. The molecule has 0 bridgehead atoms. The van der Waals surface area contributed by atoms with Crippen LogP contribution in [0.15, 0.2) is 46.4 Å². The van der Waals surface area contributed by atoms with E-state index in [0.29, 0.717) is 0 Å². The maximum atomic E-state index is 3.51. The number of thiophene rings is 1. The second-order valence-electron chi connectivity index (χ2n) is 4.60. The minimum absolute atomic E-state index is 0.916. The molecule has 0 saturated carbocycles. The maximum Gasteiger partial charge on any atom is 0.0569 e. The highest BCUT2D eigenvalue weighted by molar-refractivity contribution is 9.10.